The summed E-state index contributed by atoms with van der Waals surface area (Å²) in [5, 5.41) is 9.96. The topological polar surface area (TPSA) is 88.8 Å². The van der Waals surface area contributed by atoms with Crippen LogP contribution in [-0.4, -0.2) is 27.2 Å². The van der Waals surface area contributed by atoms with Crippen LogP contribution in [0.5, 0.6) is 0 Å². The molecule has 7 nitrogen and oxygen atoms in total. The molecule has 0 spiro atoms. The number of aromatic nitrogens is 4. The van der Waals surface area contributed by atoms with Crippen molar-refractivity contribution in [1.82, 2.24) is 20.1 Å². The molecule has 18 heavy (non-hydrogen) atoms. The highest BCUT2D eigenvalue weighted by Crippen LogP contribution is 2.20. The molecule has 0 amide bonds. The van der Waals surface area contributed by atoms with E-state index in [1.807, 2.05) is 7.05 Å². The summed E-state index contributed by atoms with van der Waals surface area (Å²) in [4.78, 5) is 12.5. The van der Waals surface area contributed by atoms with Gasteiger partial charge in [0.25, 0.3) is 0 Å². The van der Waals surface area contributed by atoms with E-state index in [9.17, 15) is 0 Å². The van der Waals surface area contributed by atoms with Crippen LogP contribution in [-0.2, 0) is 13.0 Å². The lowest BCUT2D eigenvalue weighted by Crippen LogP contribution is -2.08. The molecule has 0 unspecified atom stereocenters. The number of aryl methyl sites for hydroxylation is 1. The van der Waals surface area contributed by atoms with Crippen LogP contribution in [0.15, 0.2) is 10.9 Å². The van der Waals surface area contributed by atoms with Gasteiger partial charge < -0.3 is 15.2 Å². The van der Waals surface area contributed by atoms with Gasteiger partial charge in [-0.1, -0.05) is 12.1 Å². The maximum Gasteiger partial charge on any atom is 0.245 e. The molecular formula is C11H16N6O. The fourth-order valence-electron chi connectivity index (χ4n) is 1.69. The van der Waals surface area contributed by atoms with Crippen molar-refractivity contribution >= 4 is 11.6 Å². The third kappa shape index (κ3) is 2.55. The quantitative estimate of drug-likeness (QED) is 0.826. The van der Waals surface area contributed by atoms with Crippen LogP contribution in [0, 0.1) is 6.92 Å². The van der Waals surface area contributed by atoms with E-state index in [-0.39, 0.29) is 0 Å². The number of hydrogen-bond donors (Lipinski definition) is 2. The molecule has 2 N–H and O–H groups in total. The highest BCUT2D eigenvalue weighted by atomic mass is 16.5. The predicted molar refractivity (Wildman–Crippen MR) is 67.3 cm³/mol. The Morgan fingerprint density at radius 3 is 2.67 bits per heavy atom. The monoisotopic (exact) mass is 248 g/mol. The highest BCUT2D eigenvalue weighted by Gasteiger charge is 2.09. The Morgan fingerprint density at radius 1 is 1.28 bits per heavy atom. The van der Waals surface area contributed by atoms with Crippen molar-refractivity contribution in [1.29, 1.82) is 0 Å². The molecule has 0 aromatic carbocycles. The van der Waals surface area contributed by atoms with Crippen molar-refractivity contribution in [2.75, 3.05) is 17.7 Å². The first-order valence-corrected chi connectivity index (χ1v) is 5.79. The summed E-state index contributed by atoms with van der Waals surface area (Å²) in [7, 11) is 1.84. The molecule has 7 heteroatoms. The third-order valence-corrected chi connectivity index (χ3v) is 2.51. The standard InChI is InChI=1S/C11H16N6O/c1-4-8-10(12-3)14-6-15-11(8)13-5-9-16-7(2)17-18-9/h6H,4-5H2,1-3H3,(H2,12,13,14,15). The largest absolute Gasteiger partial charge is 0.373 e. The Kier molecular flexibility index (Phi) is 3.71. The van der Waals surface area contributed by atoms with E-state index in [1.165, 1.54) is 6.33 Å². The Bertz CT molecular complexity index is 524. The average molecular weight is 248 g/mol. The van der Waals surface area contributed by atoms with Gasteiger partial charge in [0.05, 0.1) is 6.54 Å². The van der Waals surface area contributed by atoms with Crippen LogP contribution >= 0.6 is 0 Å². The molecule has 0 bridgehead atoms. The molecule has 0 fully saturated rings. The molecule has 96 valence electrons. The van der Waals surface area contributed by atoms with E-state index >= 15 is 0 Å². The molecule has 2 aromatic rings. The van der Waals surface area contributed by atoms with E-state index in [4.69, 9.17) is 4.52 Å². The van der Waals surface area contributed by atoms with Crippen LogP contribution in [0.1, 0.15) is 24.2 Å². The minimum Gasteiger partial charge on any atom is -0.373 e. The summed E-state index contributed by atoms with van der Waals surface area (Å²) in [6.45, 7) is 4.30. The van der Waals surface area contributed by atoms with Gasteiger partial charge in [-0.05, 0) is 13.3 Å². The SMILES string of the molecule is CCc1c(NC)ncnc1NCc1nc(C)no1. The van der Waals surface area contributed by atoms with Crippen LogP contribution in [0.3, 0.4) is 0 Å². The van der Waals surface area contributed by atoms with E-state index in [0.29, 0.717) is 18.3 Å². The third-order valence-electron chi connectivity index (χ3n) is 2.51. The lowest BCUT2D eigenvalue weighted by atomic mass is 10.2. The first kappa shape index (κ1) is 12.3. The molecule has 0 radical (unpaired) electrons. The van der Waals surface area contributed by atoms with Gasteiger partial charge in [-0.25, -0.2) is 9.97 Å². The van der Waals surface area contributed by atoms with E-state index in [0.717, 1.165) is 23.6 Å². The van der Waals surface area contributed by atoms with Gasteiger partial charge in [0, 0.05) is 12.6 Å². The van der Waals surface area contributed by atoms with Crippen molar-refractivity contribution in [3.8, 4) is 0 Å². The number of hydrogen-bond acceptors (Lipinski definition) is 7. The fourth-order valence-corrected chi connectivity index (χ4v) is 1.69. The number of anilines is 2. The molecule has 2 heterocycles. The maximum atomic E-state index is 5.03. The minimum atomic E-state index is 0.452. The summed E-state index contributed by atoms with van der Waals surface area (Å²) >= 11 is 0. The molecular weight excluding hydrogens is 232 g/mol. The second kappa shape index (κ2) is 5.44. The molecule has 0 aliphatic heterocycles. The molecule has 0 saturated carbocycles. The van der Waals surface area contributed by atoms with Gasteiger partial charge in [-0.15, -0.1) is 0 Å². The summed E-state index contributed by atoms with van der Waals surface area (Å²) in [5.74, 6) is 2.78. The van der Waals surface area contributed by atoms with E-state index in [2.05, 4.69) is 37.7 Å². The van der Waals surface area contributed by atoms with Crippen LogP contribution < -0.4 is 10.6 Å². The zero-order valence-corrected chi connectivity index (χ0v) is 10.7. The second-order valence-electron chi connectivity index (χ2n) is 3.74. The molecule has 2 rings (SSSR count). The Labute approximate surface area is 105 Å². The Morgan fingerprint density at radius 2 is 2.06 bits per heavy atom. The number of rotatable bonds is 5. The summed E-state index contributed by atoms with van der Waals surface area (Å²) < 4.78 is 5.03. The van der Waals surface area contributed by atoms with Crippen molar-refractivity contribution in [2.45, 2.75) is 26.8 Å². The highest BCUT2D eigenvalue weighted by molar-refractivity contribution is 5.56. The Hall–Kier alpha value is -2.18. The summed E-state index contributed by atoms with van der Waals surface area (Å²) in [5.41, 5.74) is 1.04. The van der Waals surface area contributed by atoms with Gasteiger partial charge in [0.1, 0.15) is 18.0 Å². The van der Waals surface area contributed by atoms with Gasteiger partial charge in [-0.3, -0.25) is 0 Å². The van der Waals surface area contributed by atoms with Crippen molar-refractivity contribution < 1.29 is 4.52 Å². The Balaban J connectivity index is 2.13. The van der Waals surface area contributed by atoms with Crippen LogP contribution in [0.2, 0.25) is 0 Å². The first-order valence-electron chi connectivity index (χ1n) is 5.79. The number of nitrogens with zero attached hydrogens (tertiary/aromatic N) is 4. The molecule has 2 aromatic heterocycles. The zero-order chi connectivity index (χ0) is 13.0. The van der Waals surface area contributed by atoms with Crippen LogP contribution in [0.25, 0.3) is 0 Å². The first-order chi connectivity index (χ1) is 8.74. The lowest BCUT2D eigenvalue weighted by Gasteiger charge is -2.11. The smallest absolute Gasteiger partial charge is 0.245 e. The van der Waals surface area contributed by atoms with Crippen LogP contribution in [0.4, 0.5) is 11.6 Å². The van der Waals surface area contributed by atoms with Gasteiger partial charge >= 0.3 is 0 Å². The fraction of sp³-hybridized carbons (Fsp3) is 0.455. The predicted octanol–water partition coefficient (Wildman–Crippen LogP) is 1.38. The molecule has 0 aliphatic rings. The van der Waals surface area contributed by atoms with Gasteiger partial charge in [0.2, 0.25) is 5.89 Å². The summed E-state index contributed by atoms with van der Waals surface area (Å²) in [6, 6.07) is 0. The maximum absolute atomic E-state index is 5.03. The normalized spacial score (nSPS) is 10.4. The van der Waals surface area contributed by atoms with Crippen molar-refractivity contribution in [2.24, 2.45) is 0 Å². The van der Waals surface area contributed by atoms with Gasteiger partial charge in [0.15, 0.2) is 5.82 Å². The second-order valence-corrected chi connectivity index (χ2v) is 3.74. The zero-order valence-electron chi connectivity index (χ0n) is 10.7. The minimum absolute atomic E-state index is 0.452. The molecule has 0 aliphatic carbocycles. The van der Waals surface area contributed by atoms with Crippen molar-refractivity contribution in [3.05, 3.63) is 23.6 Å². The van der Waals surface area contributed by atoms with E-state index in [1.54, 1.807) is 6.92 Å². The lowest BCUT2D eigenvalue weighted by molar-refractivity contribution is 0.379. The van der Waals surface area contributed by atoms with Crippen molar-refractivity contribution in [3.63, 3.8) is 0 Å². The summed E-state index contributed by atoms with van der Waals surface area (Å²) in [6.07, 6.45) is 2.36. The van der Waals surface area contributed by atoms with E-state index < -0.39 is 0 Å². The number of nitrogens with one attached hydrogen (secondary N) is 2. The molecule has 0 atom stereocenters. The van der Waals surface area contributed by atoms with Gasteiger partial charge in [-0.2, -0.15) is 4.98 Å². The average Bonchev–Trinajstić information content (AvgIpc) is 2.81. The molecule has 0 saturated heterocycles.